The predicted octanol–water partition coefficient (Wildman–Crippen LogP) is 3.12. The summed E-state index contributed by atoms with van der Waals surface area (Å²) in [5, 5.41) is 0.514. The molecule has 162 valence electrons. The molecule has 0 N–H and O–H groups in total. The third-order valence-corrected chi connectivity index (χ3v) is 6.12. The summed E-state index contributed by atoms with van der Waals surface area (Å²) >= 11 is 1.26. The van der Waals surface area contributed by atoms with Gasteiger partial charge in [-0.1, -0.05) is 84.6 Å². The van der Waals surface area contributed by atoms with E-state index >= 15 is 0 Å². The molecule has 0 bridgehead atoms. The van der Waals surface area contributed by atoms with E-state index in [0.717, 1.165) is 10.1 Å². The number of allylic oxidation sites excluding steroid dienone is 1. The molecule has 0 saturated carbocycles. The lowest BCUT2D eigenvalue weighted by Gasteiger charge is -2.07. The second kappa shape index (κ2) is 9.23. The monoisotopic (exact) mass is 446 g/mol. The van der Waals surface area contributed by atoms with Crippen molar-refractivity contribution in [2.45, 2.75) is 11.7 Å². The van der Waals surface area contributed by atoms with E-state index in [1.807, 2.05) is 60.7 Å². The maximum atomic E-state index is 12.9. The Kier molecular flexibility index (Phi) is 6.23. The molecule has 4 rings (SSSR count). The fraction of sp³-hybridized carbons (Fsp3) is 0.167. The SMILES string of the molecule is Cn1c(=O)c2c(nc(SCC(=O)c3ccccc3)n2C/C=C\c2ccccc2)n(C)c1=O. The van der Waals surface area contributed by atoms with Gasteiger partial charge in [0.1, 0.15) is 0 Å². The Morgan fingerprint density at radius 2 is 1.62 bits per heavy atom. The molecular weight excluding hydrogens is 424 g/mol. The minimum Gasteiger partial charge on any atom is -0.309 e. The number of nitrogens with zero attached hydrogens (tertiary/aromatic N) is 4. The van der Waals surface area contributed by atoms with Crippen LogP contribution in [-0.4, -0.2) is 30.2 Å². The fourth-order valence-electron chi connectivity index (χ4n) is 3.40. The molecule has 2 aromatic heterocycles. The lowest BCUT2D eigenvalue weighted by atomic mass is 10.2. The molecule has 0 aliphatic rings. The molecule has 8 heteroatoms. The molecule has 0 amide bonds. The molecule has 0 saturated heterocycles. The number of benzene rings is 2. The number of rotatable bonds is 7. The minimum atomic E-state index is -0.441. The van der Waals surface area contributed by atoms with E-state index in [0.29, 0.717) is 28.4 Å². The highest BCUT2D eigenvalue weighted by Gasteiger charge is 2.19. The van der Waals surface area contributed by atoms with Crippen LogP contribution >= 0.6 is 11.8 Å². The summed E-state index contributed by atoms with van der Waals surface area (Å²) in [6.45, 7) is 0.376. The van der Waals surface area contributed by atoms with Crippen LogP contribution in [0.3, 0.4) is 0 Å². The molecule has 0 unspecified atom stereocenters. The summed E-state index contributed by atoms with van der Waals surface area (Å²) in [6, 6.07) is 18.9. The largest absolute Gasteiger partial charge is 0.332 e. The number of ketones is 1. The molecule has 0 aliphatic carbocycles. The van der Waals surface area contributed by atoms with E-state index in [2.05, 4.69) is 4.98 Å². The summed E-state index contributed by atoms with van der Waals surface area (Å²) in [7, 11) is 3.04. The van der Waals surface area contributed by atoms with Crippen LogP contribution in [0.25, 0.3) is 17.2 Å². The first-order valence-corrected chi connectivity index (χ1v) is 11.0. The van der Waals surface area contributed by atoms with Crippen molar-refractivity contribution in [2.24, 2.45) is 14.1 Å². The van der Waals surface area contributed by atoms with Crippen LogP contribution in [0.5, 0.6) is 0 Å². The van der Waals surface area contributed by atoms with Crippen molar-refractivity contribution in [2.75, 3.05) is 5.75 Å². The Morgan fingerprint density at radius 3 is 2.31 bits per heavy atom. The third-order valence-electron chi connectivity index (χ3n) is 5.14. The summed E-state index contributed by atoms with van der Waals surface area (Å²) in [5.41, 5.74) is 1.44. The maximum absolute atomic E-state index is 12.9. The fourth-order valence-corrected chi connectivity index (χ4v) is 4.30. The van der Waals surface area contributed by atoms with Gasteiger partial charge in [0.2, 0.25) is 0 Å². The van der Waals surface area contributed by atoms with Gasteiger partial charge in [0.05, 0.1) is 5.75 Å². The van der Waals surface area contributed by atoms with Crippen LogP contribution in [0.15, 0.2) is 81.5 Å². The number of aryl methyl sites for hydroxylation is 1. The van der Waals surface area contributed by atoms with Gasteiger partial charge in [0.25, 0.3) is 5.56 Å². The average molecular weight is 447 g/mol. The zero-order valence-corrected chi connectivity index (χ0v) is 18.6. The number of fused-ring (bicyclic) bond motifs is 1. The van der Waals surface area contributed by atoms with Crippen molar-refractivity contribution in [3.05, 3.63) is 98.7 Å². The summed E-state index contributed by atoms with van der Waals surface area (Å²) < 4.78 is 4.20. The highest BCUT2D eigenvalue weighted by atomic mass is 32.2. The zero-order chi connectivity index (χ0) is 22.7. The third kappa shape index (κ3) is 4.22. The van der Waals surface area contributed by atoms with Crippen molar-refractivity contribution in [1.29, 1.82) is 0 Å². The second-order valence-electron chi connectivity index (χ2n) is 7.27. The standard InChI is InChI=1S/C24H22N4O3S/c1-26-21-20(22(30)27(2)24(26)31)28(15-9-12-17-10-5-3-6-11-17)23(25-21)32-16-19(29)18-13-7-4-8-14-18/h3-14H,15-16H2,1-2H3/b12-9-. The molecule has 2 aromatic carbocycles. The van der Waals surface area contributed by atoms with Gasteiger partial charge in [0, 0.05) is 26.2 Å². The number of thioether (sulfide) groups is 1. The Bertz CT molecular complexity index is 1420. The molecule has 0 atom stereocenters. The van der Waals surface area contributed by atoms with Gasteiger partial charge < -0.3 is 4.57 Å². The summed E-state index contributed by atoms with van der Waals surface area (Å²) in [6.07, 6.45) is 3.89. The zero-order valence-electron chi connectivity index (χ0n) is 17.8. The van der Waals surface area contributed by atoms with Gasteiger partial charge >= 0.3 is 5.69 Å². The first kappa shape index (κ1) is 21.6. The van der Waals surface area contributed by atoms with Gasteiger partial charge in [-0.05, 0) is 5.56 Å². The van der Waals surface area contributed by atoms with E-state index in [9.17, 15) is 14.4 Å². The highest BCUT2D eigenvalue weighted by molar-refractivity contribution is 7.99. The number of aromatic nitrogens is 4. The van der Waals surface area contributed by atoms with Crippen LogP contribution in [-0.2, 0) is 20.6 Å². The lowest BCUT2D eigenvalue weighted by Crippen LogP contribution is -2.37. The van der Waals surface area contributed by atoms with E-state index < -0.39 is 11.2 Å². The Hall–Kier alpha value is -3.65. The van der Waals surface area contributed by atoms with Crippen molar-refractivity contribution in [3.63, 3.8) is 0 Å². The van der Waals surface area contributed by atoms with Gasteiger partial charge in [-0.3, -0.25) is 18.7 Å². The van der Waals surface area contributed by atoms with Gasteiger partial charge in [-0.15, -0.1) is 0 Å². The molecule has 0 radical (unpaired) electrons. The molecule has 0 spiro atoms. The van der Waals surface area contributed by atoms with Crippen LogP contribution in [0, 0.1) is 0 Å². The van der Waals surface area contributed by atoms with Gasteiger partial charge in [0.15, 0.2) is 22.1 Å². The van der Waals surface area contributed by atoms with Crippen molar-refractivity contribution < 1.29 is 4.79 Å². The van der Waals surface area contributed by atoms with E-state index in [1.54, 1.807) is 23.7 Å². The second-order valence-corrected chi connectivity index (χ2v) is 8.22. The van der Waals surface area contributed by atoms with Crippen LogP contribution < -0.4 is 11.2 Å². The van der Waals surface area contributed by atoms with Crippen molar-refractivity contribution >= 4 is 34.8 Å². The summed E-state index contributed by atoms with van der Waals surface area (Å²) in [4.78, 5) is 42.4. The number of hydrogen-bond donors (Lipinski definition) is 0. The smallest absolute Gasteiger partial charge is 0.309 e. The van der Waals surface area contributed by atoms with Crippen LogP contribution in [0.2, 0.25) is 0 Å². The first-order chi connectivity index (χ1) is 15.5. The minimum absolute atomic E-state index is 0.0316. The van der Waals surface area contributed by atoms with Crippen molar-refractivity contribution in [1.82, 2.24) is 18.7 Å². The maximum Gasteiger partial charge on any atom is 0.332 e. The first-order valence-electron chi connectivity index (χ1n) is 10.1. The van der Waals surface area contributed by atoms with Crippen molar-refractivity contribution in [3.8, 4) is 0 Å². The highest BCUT2D eigenvalue weighted by Crippen LogP contribution is 2.23. The molecular formula is C24H22N4O3S. The topological polar surface area (TPSA) is 78.9 Å². The molecule has 0 fully saturated rings. The number of carbonyl (C=O) groups excluding carboxylic acids is 1. The van der Waals surface area contributed by atoms with Gasteiger partial charge in [-0.2, -0.15) is 0 Å². The van der Waals surface area contributed by atoms with Crippen LogP contribution in [0.4, 0.5) is 0 Å². The number of hydrogen-bond acceptors (Lipinski definition) is 5. The lowest BCUT2D eigenvalue weighted by molar-refractivity contribution is 0.102. The number of carbonyl (C=O) groups is 1. The quantitative estimate of drug-likeness (QED) is 0.322. The number of Topliss-reactive ketones (excluding diaryl/α,β-unsaturated/α-hetero) is 1. The Morgan fingerprint density at radius 1 is 0.969 bits per heavy atom. The van der Waals surface area contributed by atoms with E-state index in [1.165, 1.54) is 23.4 Å². The molecule has 32 heavy (non-hydrogen) atoms. The normalized spacial score (nSPS) is 11.4. The molecule has 2 heterocycles. The van der Waals surface area contributed by atoms with E-state index in [4.69, 9.17) is 0 Å². The average Bonchev–Trinajstić information content (AvgIpc) is 3.19. The molecule has 4 aromatic rings. The Labute approximate surface area is 188 Å². The van der Waals surface area contributed by atoms with E-state index in [-0.39, 0.29) is 11.5 Å². The van der Waals surface area contributed by atoms with Crippen LogP contribution in [0.1, 0.15) is 15.9 Å². The van der Waals surface area contributed by atoms with Gasteiger partial charge in [-0.25, -0.2) is 9.78 Å². The summed E-state index contributed by atoms with van der Waals surface area (Å²) in [5.74, 6) is 0.139. The molecule has 0 aliphatic heterocycles. The number of imidazole rings is 1. The predicted molar refractivity (Wildman–Crippen MR) is 127 cm³/mol. The Balaban J connectivity index is 1.72. The molecule has 7 nitrogen and oxygen atoms in total.